The Morgan fingerprint density at radius 1 is 1.20 bits per heavy atom. The summed E-state index contributed by atoms with van der Waals surface area (Å²) in [4.78, 5) is 25.7. The predicted octanol–water partition coefficient (Wildman–Crippen LogP) is 2.06. The van der Waals surface area contributed by atoms with Gasteiger partial charge in [-0.3, -0.25) is 9.59 Å². The standard InChI is InChI=1S/C18H17FN2O4/c1-21(10-17(22)20-13-6-4-5-12(19)9-13)18(23)16-11-24-14-7-2-3-8-15(14)25-16/h2-9,16H,10-11H2,1H3,(H,20,22)/t16-/m1/s1. The van der Waals surface area contributed by atoms with Crippen LogP contribution in [0.25, 0.3) is 0 Å². The van der Waals surface area contributed by atoms with Crippen LogP contribution in [0.15, 0.2) is 48.5 Å². The van der Waals surface area contributed by atoms with Crippen LogP contribution in [0.3, 0.4) is 0 Å². The third kappa shape index (κ3) is 4.06. The molecule has 0 bridgehead atoms. The smallest absolute Gasteiger partial charge is 0.267 e. The van der Waals surface area contributed by atoms with Crippen LogP contribution in [-0.2, 0) is 9.59 Å². The molecular formula is C18H17FN2O4. The van der Waals surface area contributed by atoms with Crippen LogP contribution in [0.4, 0.5) is 10.1 Å². The van der Waals surface area contributed by atoms with Crippen molar-refractivity contribution in [1.82, 2.24) is 4.90 Å². The maximum atomic E-state index is 13.1. The average Bonchev–Trinajstić information content (AvgIpc) is 2.60. The molecule has 0 aliphatic carbocycles. The predicted molar refractivity (Wildman–Crippen MR) is 89.0 cm³/mol. The van der Waals surface area contributed by atoms with Crippen LogP contribution in [0.5, 0.6) is 11.5 Å². The minimum absolute atomic E-state index is 0.0751. The van der Waals surface area contributed by atoms with Crippen molar-refractivity contribution in [2.45, 2.75) is 6.10 Å². The number of carbonyl (C=O) groups excluding carboxylic acids is 2. The Morgan fingerprint density at radius 3 is 2.72 bits per heavy atom. The molecule has 2 amide bonds. The second-order valence-corrected chi connectivity index (χ2v) is 5.62. The Labute approximate surface area is 144 Å². The maximum Gasteiger partial charge on any atom is 0.267 e. The van der Waals surface area contributed by atoms with Crippen molar-refractivity contribution in [3.8, 4) is 11.5 Å². The molecule has 0 radical (unpaired) electrons. The van der Waals surface area contributed by atoms with Gasteiger partial charge in [-0.15, -0.1) is 0 Å². The molecule has 2 aromatic rings. The van der Waals surface area contributed by atoms with E-state index in [0.717, 1.165) is 0 Å². The van der Waals surface area contributed by atoms with E-state index in [4.69, 9.17) is 9.47 Å². The topological polar surface area (TPSA) is 67.9 Å². The maximum absolute atomic E-state index is 13.1. The van der Waals surface area contributed by atoms with E-state index >= 15 is 0 Å². The highest BCUT2D eigenvalue weighted by Crippen LogP contribution is 2.31. The van der Waals surface area contributed by atoms with E-state index in [0.29, 0.717) is 17.2 Å². The molecule has 0 unspecified atom stereocenters. The first-order valence-electron chi connectivity index (χ1n) is 7.72. The van der Waals surface area contributed by atoms with Gasteiger partial charge in [-0.1, -0.05) is 18.2 Å². The van der Waals surface area contributed by atoms with Crippen molar-refractivity contribution in [2.24, 2.45) is 0 Å². The number of anilines is 1. The molecule has 0 aromatic heterocycles. The van der Waals surface area contributed by atoms with E-state index in [2.05, 4.69) is 5.32 Å². The van der Waals surface area contributed by atoms with E-state index < -0.39 is 17.8 Å². The van der Waals surface area contributed by atoms with E-state index in [1.165, 1.54) is 30.1 Å². The van der Waals surface area contributed by atoms with Crippen LogP contribution in [-0.4, -0.2) is 43.0 Å². The van der Waals surface area contributed by atoms with Gasteiger partial charge in [-0.25, -0.2) is 4.39 Å². The number of ether oxygens (including phenoxy) is 2. The van der Waals surface area contributed by atoms with Crippen molar-refractivity contribution in [3.63, 3.8) is 0 Å². The van der Waals surface area contributed by atoms with Gasteiger partial charge in [0.15, 0.2) is 11.5 Å². The summed E-state index contributed by atoms with van der Waals surface area (Å²) in [5.74, 6) is -0.182. The molecule has 6 nitrogen and oxygen atoms in total. The number of hydrogen-bond donors (Lipinski definition) is 1. The molecule has 1 aliphatic heterocycles. The van der Waals surface area contributed by atoms with Gasteiger partial charge in [0.2, 0.25) is 12.0 Å². The number of para-hydroxylation sites is 2. The number of nitrogens with one attached hydrogen (secondary N) is 1. The third-order valence-electron chi connectivity index (χ3n) is 3.65. The van der Waals surface area contributed by atoms with Crippen molar-refractivity contribution in [3.05, 3.63) is 54.3 Å². The first-order valence-corrected chi connectivity index (χ1v) is 7.72. The molecule has 0 saturated heterocycles. The van der Waals surface area contributed by atoms with Gasteiger partial charge in [-0.2, -0.15) is 0 Å². The van der Waals surface area contributed by atoms with Gasteiger partial charge in [0, 0.05) is 12.7 Å². The molecule has 25 heavy (non-hydrogen) atoms. The Kier molecular flexibility index (Phi) is 4.83. The van der Waals surface area contributed by atoms with E-state index in [-0.39, 0.29) is 19.1 Å². The highest BCUT2D eigenvalue weighted by Gasteiger charge is 2.30. The molecule has 130 valence electrons. The Bertz CT molecular complexity index is 796. The first kappa shape index (κ1) is 16.8. The summed E-state index contributed by atoms with van der Waals surface area (Å²) in [6.45, 7) is -0.109. The molecule has 1 atom stereocenters. The molecule has 7 heteroatoms. The number of fused-ring (bicyclic) bond motifs is 1. The van der Waals surface area contributed by atoms with Crippen molar-refractivity contribution in [1.29, 1.82) is 0 Å². The van der Waals surface area contributed by atoms with Crippen molar-refractivity contribution < 1.29 is 23.5 Å². The zero-order valence-corrected chi connectivity index (χ0v) is 13.6. The monoisotopic (exact) mass is 344 g/mol. The van der Waals surface area contributed by atoms with Crippen molar-refractivity contribution >= 4 is 17.5 Å². The van der Waals surface area contributed by atoms with E-state index in [9.17, 15) is 14.0 Å². The SMILES string of the molecule is CN(CC(=O)Nc1cccc(F)c1)C(=O)[C@H]1COc2ccccc2O1. The Balaban J connectivity index is 1.57. The summed E-state index contributed by atoms with van der Waals surface area (Å²) < 4.78 is 24.3. The van der Waals surface area contributed by atoms with Crippen LogP contribution in [0, 0.1) is 5.82 Å². The quantitative estimate of drug-likeness (QED) is 0.922. The minimum atomic E-state index is -0.818. The number of nitrogens with zero attached hydrogens (tertiary/aromatic N) is 1. The molecule has 1 heterocycles. The summed E-state index contributed by atoms with van der Waals surface area (Å²) >= 11 is 0. The van der Waals surface area contributed by atoms with Gasteiger partial charge < -0.3 is 19.7 Å². The highest BCUT2D eigenvalue weighted by atomic mass is 19.1. The van der Waals surface area contributed by atoms with Gasteiger partial charge in [-0.05, 0) is 30.3 Å². The van der Waals surface area contributed by atoms with Crippen LogP contribution in [0.1, 0.15) is 0 Å². The molecule has 3 rings (SSSR count). The van der Waals surface area contributed by atoms with Crippen LogP contribution >= 0.6 is 0 Å². The normalized spacial score (nSPS) is 15.4. The fourth-order valence-electron chi connectivity index (χ4n) is 2.45. The second kappa shape index (κ2) is 7.21. The number of carbonyl (C=O) groups is 2. The van der Waals surface area contributed by atoms with Crippen LogP contribution in [0.2, 0.25) is 0 Å². The lowest BCUT2D eigenvalue weighted by Gasteiger charge is -2.28. The zero-order chi connectivity index (χ0) is 17.8. The number of hydrogen-bond acceptors (Lipinski definition) is 4. The van der Waals surface area contributed by atoms with Gasteiger partial charge in [0.1, 0.15) is 12.4 Å². The molecular weight excluding hydrogens is 327 g/mol. The highest BCUT2D eigenvalue weighted by molar-refractivity contribution is 5.95. The lowest BCUT2D eigenvalue weighted by molar-refractivity contribution is -0.141. The largest absolute Gasteiger partial charge is 0.485 e. The number of benzene rings is 2. The zero-order valence-electron chi connectivity index (χ0n) is 13.6. The summed E-state index contributed by atoms with van der Waals surface area (Å²) in [6.07, 6.45) is -0.818. The summed E-state index contributed by atoms with van der Waals surface area (Å²) in [6, 6.07) is 12.6. The van der Waals surface area contributed by atoms with Gasteiger partial charge >= 0.3 is 0 Å². The number of halogens is 1. The van der Waals surface area contributed by atoms with Gasteiger partial charge in [0.05, 0.1) is 6.54 Å². The molecule has 0 spiro atoms. The van der Waals surface area contributed by atoms with E-state index in [1.54, 1.807) is 24.3 Å². The summed E-state index contributed by atoms with van der Waals surface area (Å²) in [5.41, 5.74) is 0.331. The number of likely N-dealkylation sites (N-methyl/N-ethyl adjacent to an activating group) is 1. The summed E-state index contributed by atoms with van der Waals surface area (Å²) in [7, 11) is 1.50. The van der Waals surface area contributed by atoms with E-state index in [1.807, 2.05) is 6.07 Å². The van der Waals surface area contributed by atoms with Crippen molar-refractivity contribution in [2.75, 3.05) is 25.5 Å². The summed E-state index contributed by atoms with van der Waals surface area (Å²) in [5, 5.41) is 2.54. The lowest BCUT2D eigenvalue weighted by Crippen LogP contribution is -2.47. The third-order valence-corrected chi connectivity index (χ3v) is 3.65. The molecule has 1 N–H and O–H groups in total. The first-order chi connectivity index (χ1) is 12.0. The average molecular weight is 344 g/mol. The molecule has 0 fully saturated rings. The Morgan fingerprint density at radius 2 is 1.96 bits per heavy atom. The lowest BCUT2D eigenvalue weighted by atomic mass is 10.2. The fraction of sp³-hybridized carbons (Fsp3) is 0.222. The number of amides is 2. The molecule has 2 aromatic carbocycles. The Hall–Kier alpha value is -3.09. The fourth-order valence-corrected chi connectivity index (χ4v) is 2.45. The molecule has 1 aliphatic rings. The number of rotatable bonds is 4. The van der Waals surface area contributed by atoms with Gasteiger partial charge in [0.25, 0.3) is 5.91 Å². The minimum Gasteiger partial charge on any atom is -0.485 e. The molecule has 0 saturated carbocycles. The van der Waals surface area contributed by atoms with Crippen LogP contribution < -0.4 is 14.8 Å². The second-order valence-electron chi connectivity index (χ2n) is 5.62.